The van der Waals surface area contributed by atoms with Crippen LogP contribution >= 0.6 is 11.3 Å². The first-order valence-electron chi connectivity index (χ1n) is 8.66. The fraction of sp³-hybridized carbons (Fsp3) is 0. The fourth-order valence-electron chi connectivity index (χ4n) is 3.51. The maximum absolute atomic E-state index is 6.32. The maximum Gasteiger partial charge on any atom is 0.0394 e. The van der Waals surface area contributed by atoms with Crippen LogP contribution in [-0.4, -0.2) is 0 Å². The molecule has 0 spiro atoms. The highest BCUT2D eigenvalue weighted by Gasteiger charge is 2.09. The molecule has 0 fully saturated rings. The van der Waals surface area contributed by atoms with Crippen molar-refractivity contribution < 1.29 is 0 Å². The second-order valence-corrected chi connectivity index (χ2v) is 7.56. The first kappa shape index (κ1) is 15.2. The van der Waals surface area contributed by atoms with Gasteiger partial charge in [-0.2, -0.15) is 0 Å². The van der Waals surface area contributed by atoms with Crippen LogP contribution < -0.4 is 5.73 Å². The van der Waals surface area contributed by atoms with Crippen LogP contribution in [0.2, 0.25) is 0 Å². The first-order chi connectivity index (χ1) is 12.8. The number of thiophene rings is 1. The molecule has 5 rings (SSSR count). The van der Waals surface area contributed by atoms with Crippen LogP contribution in [0.25, 0.3) is 42.4 Å². The van der Waals surface area contributed by atoms with Crippen LogP contribution in [0.4, 0.5) is 5.69 Å². The molecule has 0 bridgehead atoms. The van der Waals surface area contributed by atoms with E-state index in [0.717, 1.165) is 11.3 Å². The van der Waals surface area contributed by atoms with Crippen molar-refractivity contribution in [3.8, 4) is 22.3 Å². The quantitative estimate of drug-likeness (QED) is 0.341. The van der Waals surface area contributed by atoms with Crippen LogP contribution in [0.3, 0.4) is 0 Å². The summed E-state index contributed by atoms with van der Waals surface area (Å²) in [6.45, 7) is 0. The van der Waals surface area contributed by atoms with Gasteiger partial charge in [0.05, 0.1) is 0 Å². The van der Waals surface area contributed by atoms with E-state index in [-0.39, 0.29) is 0 Å². The summed E-state index contributed by atoms with van der Waals surface area (Å²) in [5.41, 5.74) is 11.8. The average Bonchev–Trinajstić information content (AvgIpc) is 3.07. The van der Waals surface area contributed by atoms with E-state index in [2.05, 4.69) is 78.9 Å². The van der Waals surface area contributed by atoms with Crippen molar-refractivity contribution >= 4 is 37.2 Å². The Labute approximate surface area is 156 Å². The topological polar surface area (TPSA) is 26.0 Å². The zero-order valence-corrected chi connectivity index (χ0v) is 15.0. The molecule has 5 aromatic rings. The van der Waals surface area contributed by atoms with Gasteiger partial charge in [-0.3, -0.25) is 0 Å². The summed E-state index contributed by atoms with van der Waals surface area (Å²) in [6, 6.07) is 32.0. The second-order valence-electron chi connectivity index (χ2n) is 6.48. The summed E-state index contributed by atoms with van der Waals surface area (Å²) < 4.78 is 2.62. The Morgan fingerprint density at radius 1 is 0.538 bits per heavy atom. The van der Waals surface area contributed by atoms with Gasteiger partial charge in [-0.15, -0.1) is 11.3 Å². The number of hydrogen-bond donors (Lipinski definition) is 1. The molecule has 124 valence electrons. The van der Waals surface area contributed by atoms with Crippen LogP contribution in [0.1, 0.15) is 0 Å². The number of fused-ring (bicyclic) bond motifs is 3. The number of benzene rings is 4. The van der Waals surface area contributed by atoms with Crippen molar-refractivity contribution in [1.82, 2.24) is 0 Å². The molecule has 0 aliphatic heterocycles. The molecule has 2 N–H and O–H groups in total. The minimum absolute atomic E-state index is 0.810. The Kier molecular flexibility index (Phi) is 3.51. The third-order valence-electron chi connectivity index (χ3n) is 4.85. The summed E-state index contributed by atoms with van der Waals surface area (Å²) in [7, 11) is 0. The van der Waals surface area contributed by atoms with Gasteiger partial charge in [0.2, 0.25) is 0 Å². The Morgan fingerprint density at radius 3 is 2.15 bits per heavy atom. The van der Waals surface area contributed by atoms with Gasteiger partial charge in [-0.1, -0.05) is 66.7 Å². The lowest BCUT2D eigenvalue weighted by Gasteiger charge is -2.10. The molecule has 0 aliphatic carbocycles. The van der Waals surface area contributed by atoms with Crippen molar-refractivity contribution in [2.24, 2.45) is 0 Å². The van der Waals surface area contributed by atoms with Gasteiger partial charge in [0.25, 0.3) is 0 Å². The second kappa shape index (κ2) is 6.01. The van der Waals surface area contributed by atoms with Crippen molar-refractivity contribution in [2.45, 2.75) is 0 Å². The Balaban J connectivity index is 1.68. The molecule has 2 heteroatoms. The van der Waals surface area contributed by atoms with Gasteiger partial charge in [0, 0.05) is 31.4 Å². The minimum Gasteiger partial charge on any atom is -0.398 e. The zero-order valence-electron chi connectivity index (χ0n) is 14.1. The number of anilines is 1. The molecule has 1 heterocycles. The lowest BCUT2D eigenvalue weighted by molar-refractivity contribution is 1.60. The van der Waals surface area contributed by atoms with Gasteiger partial charge in [0.1, 0.15) is 0 Å². The third kappa shape index (κ3) is 2.47. The Bertz CT molecular complexity index is 1240. The highest BCUT2D eigenvalue weighted by molar-refractivity contribution is 7.25. The maximum atomic E-state index is 6.32. The van der Waals surface area contributed by atoms with Gasteiger partial charge in [-0.25, -0.2) is 0 Å². The number of nitrogens with two attached hydrogens (primary N) is 1. The first-order valence-corrected chi connectivity index (χ1v) is 9.48. The molecule has 0 saturated carbocycles. The summed E-state index contributed by atoms with van der Waals surface area (Å²) in [5.74, 6) is 0. The molecule has 0 radical (unpaired) electrons. The van der Waals surface area contributed by atoms with E-state index in [0.29, 0.717) is 0 Å². The Morgan fingerprint density at radius 2 is 1.27 bits per heavy atom. The molecule has 0 aliphatic rings. The van der Waals surface area contributed by atoms with Crippen LogP contribution in [-0.2, 0) is 0 Å². The van der Waals surface area contributed by atoms with E-state index >= 15 is 0 Å². The van der Waals surface area contributed by atoms with Gasteiger partial charge in [-0.05, 0) is 41.0 Å². The fourth-order valence-corrected chi connectivity index (χ4v) is 4.66. The number of hydrogen-bond acceptors (Lipinski definition) is 2. The molecular formula is C24H17NS. The molecule has 0 atom stereocenters. The predicted molar refractivity (Wildman–Crippen MR) is 115 cm³/mol. The standard InChI is InChI=1S/C24H17NS/c25-22-13-11-17(16-6-2-1-3-7-16)14-21(22)18-10-12-20-19-8-4-5-9-23(19)26-24(20)15-18/h1-15H,25H2. The SMILES string of the molecule is Nc1ccc(-c2ccccc2)cc1-c1ccc2c(c1)sc1ccccc12. The number of nitrogen functional groups attached to an aromatic ring is 1. The summed E-state index contributed by atoms with van der Waals surface area (Å²) in [6.07, 6.45) is 0. The zero-order chi connectivity index (χ0) is 17.5. The number of rotatable bonds is 2. The molecule has 1 nitrogen and oxygen atoms in total. The van der Waals surface area contributed by atoms with Crippen LogP contribution in [0.15, 0.2) is 91.0 Å². The van der Waals surface area contributed by atoms with Crippen molar-refractivity contribution in [2.75, 3.05) is 5.73 Å². The molecular weight excluding hydrogens is 334 g/mol. The van der Waals surface area contributed by atoms with E-state index in [1.165, 1.54) is 36.9 Å². The van der Waals surface area contributed by atoms with Crippen molar-refractivity contribution in [3.05, 3.63) is 91.0 Å². The summed E-state index contributed by atoms with van der Waals surface area (Å²) >= 11 is 1.84. The molecule has 0 amide bonds. The highest BCUT2D eigenvalue weighted by Crippen LogP contribution is 2.38. The van der Waals surface area contributed by atoms with E-state index in [4.69, 9.17) is 5.73 Å². The van der Waals surface area contributed by atoms with Gasteiger partial charge < -0.3 is 5.73 Å². The molecule has 0 saturated heterocycles. The molecule has 26 heavy (non-hydrogen) atoms. The monoisotopic (exact) mass is 351 g/mol. The van der Waals surface area contributed by atoms with Crippen LogP contribution in [0, 0.1) is 0 Å². The van der Waals surface area contributed by atoms with Crippen molar-refractivity contribution in [1.29, 1.82) is 0 Å². The van der Waals surface area contributed by atoms with Crippen molar-refractivity contribution in [3.63, 3.8) is 0 Å². The minimum atomic E-state index is 0.810. The third-order valence-corrected chi connectivity index (χ3v) is 5.98. The summed E-state index contributed by atoms with van der Waals surface area (Å²) in [4.78, 5) is 0. The van der Waals surface area contributed by atoms with E-state index in [1.807, 2.05) is 23.5 Å². The van der Waals surface area contributed by atoms with E-state index < -0.39 is 0 Å². The van der Waals surface area contributed by atoms with Gasteiger partial charge in [0.15, 0.2) is 0 Å². The predicted octanol–water partition coefficient (Wildman–Crippen LogP) is 6.97. The molecule has 1 aromatic heterocycles. The molecule has 0 unspecified atom stereocenters. The Hall–Kier alpha value is -3.10. The smallest absolute Gasteiger partial charge is 0.0394 e. The highest BCUT2D eigenvalue weighted by atomic mass is 32.1. The lowest BCUT2D eigenvalue weighted by Crippen LogP contribution is -1.91. The van der Waals surface area contributed by atoms with Crippen LogP contribution in [0.5, 0.6) is 0 Å². The van der Waals surface area contributed by atoms with E-state index in [9.17, 15) is 0 Å². The average molecular weight is 351 g/mol. The molecule has 4 aromatic carbocycles. The summed E-state index contributed by atoms with van der Waals surface area (Å²) in [5, 5.41) is 2.64. The van der Waals surface area contributed by atoms with Gasteiger partial charge >= 0.3 is 0 Å². The largest absolute Gasteiger partial charge is 0.398 e. The lowest BCUT2D eigenvalue weighted by atomic mass is 9.97. The normalized spacial score (nSPS) is 11.2. The van der Waals surface area contributed by atoms with E-state index in [1.54, 1.807) is 0 Å².